The van der Waals surface area contributed by atoms with Crippen molar-refractivity contribution in [1.82, 2.24) is 14.5 Å². The quantitative estimate of drug-likeness (QED) is 0.119. The predicted octanol–water partition coefficient (Wildman–Crippen LogP) is -4.22. The molecule has 11 atom stereocenters. The highest BCUT2D eigenvalue weighted by Gasteiger charge is 2.50. The van der Waals surface area contributed by atoms with Crippen molar-refractivity contribution >= 4 is 15.6 Å². The Labute approximate surface area is 213 Å². The zero-order chi connectivity index (χ0) is 28.6. The zero-order valence-electron chi connectivity index (χ0n) is 19.9. The normalized spacial score (nSPS) is 37.2. The van der Waals surface area contributed by atoms with Crippen LogP contribution in [0.15, 0.2) is 21.9 Å². The Balaban J connectivity index is 1.63. The molecule has 21 heteroatoms. The third kappa shape index (κ3) is 7.03. The number of H-pyrrole nitrogens is 1. The van der Waals surface area contributed by atoms with Crippen LogP contribution in [0.1, 0.15) is 6.23 Å². The molecule has 1 aromatic heterocycles. The van der Waals surface area contributed by atoms with E-state index in [4.69, 9.17) is 9.47 Å². The van der Waals surface area contributed by atoms with Gasteiger partial charge in [0.15, 0.2) is 12.5 Å². The molecule has 38 heavy (non-hydrogen) atoms. The molecule has 0 aromatic carbocycles. The third-order valence-electron chi connectivity index (χ3n) is 5.75. The molecule has 0 bridgehead atoms. The van der Waals surface area contributed by atoms with Gasteiger partial charge in [0.05, 0.1) is 19.3 Å². The first kappa shape index (κ1) is 31.2. The summed E-state index contributed by atoms with van der Waals surface area (Å²) >= 11 is 0. The maximum Gasteiger partial charge on any atom is 0.483 e. The first-order valence-corrected chi connectivity index (χ1v) is 13.9. The number of nitrogens with zero attached hydrogens (tertiary/aromatic N) is 2. The summed E-state index contributed by atoms with van der Waals surface area (Å²) in [6.45, 7) is -1.76. The van der Waals surface area contributed by atoms with Gasteiger partial charge in [0.2, 0.25) is 0 Å². The largest absolute Gasteiger partial charge is 0.483 e. The molecular weight excluding hydrogens is 564 g/mol. The van der Waals surface area contributed by atoms with E-state index in [-0.39, 0.29) is 0 Å². The molecule has 0 radical (unpaired) electrons. The lowest BCUT2D eigenvalue weighted by atomic mass is 9.95. The highest BCUT2D eigenvalue weighted by atomic mass is 31.3. The van der Waals surface area contributed by atoms with Crippen LogP contribution in [0.4, 0.5) is 0 Å². The fourth-order valence-corrected chi connectivity index (χ4v) is 6.12. The second-order valence-corrected chi connectivity index (χ2v) is 11.6. The van der Waals surface area contributed by atoms with Crippen LogP contribution in [0.3, 0.4) is 0 Å². The monoisotopic (exact) mass is 593 g/mol. The first-order valence-electron chi connectivity index (χ1n) is 10.9. The summed E-state index contributed by atoms with van der Waals surface area (Å²) in [5, 5.41) is 50.4. The lowest BCUT2D eigenvalue weighted by Gasteiger charge is -2.44. The van der Waals surface area contributed by atoms with Crippen molar-refractivity contribution in [2.24, 2.45) is 0 Å². The van der Waals surface area contributed by atoms with E-state index in [1.54, 1.807) is 0 Å². The van der Waals surface area contributed by atoms with Crippen LogP contribution in [0, 0.1) is 0 Å². The first-order chi connectivity index (χ1) is 17.6. The average molecular weight is 593 g/mol. The van der Waals surface area contributed by atoms with E-state index >= 15 is 0 Å². The second-order valence-electron chi connectivity index (χ2n) is 8.64. The Morgan fingerprint density at radius 3 is 2.24 bits per heavy atom. The SMILES string of the molecule is CN(C)[C@@H]1C(O)[C@@H](OP(=O)(O)OP(=O)(O)OC[C@H]2O[C@@H](n3ccc(=O)[nH]c3=O)C(O)[C@H]2O)OC(CO)[C@H]1O. The van der Waals surface area contributed by atoms with Crippen LogP contribution in [0.25, 0.3) is 0 Å². The molecule has 0 aliphatic carbocycles. The Morgan fingerprint density at radius 2 is 1.66 bits per heavy atom. The van der Waals surface area contributed by atoms with Crippen LogP contribution >= 0.6 is 15.6 Å². The topological polar surface area (TPSA) is 280 Å². The number of nitrogens with one attached hydrogen (secondary N) is 1. The number of aromatic amines is 1. The predicted molar refractivity (Wildman–Crippen MR) is 120 cm³/mol. The van der Waals surface area contributed by atoms with Crippen molar-refractivity contribution in [3.63, 3.8) is 0 Å². The summed E-state index contributed by atoms with van der Waals surface area (Å²) in [6, 6.07) is -0.196. The minimum Gasteiger partial charge on any atom is -0.394 e. The van der Waals surface area contributed by atoms with Gasteiger partial charge < -0.3 is 49.7 Å². The molecular formula is C17H29N3O16P2. The summed E-state index contributed by atoms with van der Waals surface area (Å²) in [6.07, 6.45) is -12.2. The van der Waals surface area contributed by atoms with Gasteiger partial charge in [-0.3, -0.25) is 23.4 Å². The number of phosphoric acid groups is 2. The molecule has 2 fully saturated rings. The lowest BCUT2D eigenvalue weighted by molar-refractivity contribution is -0.266. The molecule has 1 aromatic rings. The Bertz CT molecular complexity index is 1180. The molecule has 2 aliphatic rings. The van der Waals surface area contributed by atoms with Gasteiger partial charge in [-0.2, -0.15) is 4.31 Å². The van der Waals surface area contributed by atoms with Gasteiger partial charge in [-0.1, -0.05) is 0 Å². The number of aliphatic hydroxyl groups excluding tert-OH is 5. The smallest absolute Gasteiger partial charge is 0.394 e. The van der Waals surface area contributed by atoms with Crippen molar-refractivity contribution in [3.05, 3.63) is 33.1 Å². The molecule has 0 saturated carbocycles. The van der Waals surface area contributed by atoms with E-state index in [0.717, 1.165) is 16.8 Å². The maximum absolute atomic E-state index is 12.4. The number of hydrogen-bond acceptors (Lipinski definition) is 15. The summed E-state index contributed by atoms with van der Waals surface area (Å²) in [5.41, 5.74) is -1.72. The number of likely N-dealkylation sites (N-methyl/N-ethyl adjacent to an activating group) is 1. The van der Waals surface area contributed by atoms with Crippen molar-refractivity contribution in [2.45, 2.75) is 55.2 Å². The third-order valence-corrected chi connectivity index (χ3v) is 8.35. The summed E-state index contributed by atoms with van der Waals surface area (Å²) in [5.74, 6) is 0. The second kappa shape index (κ2) is 12.0. The minimum atomic E-state index is -5.53. The van der Waals surface area contributed by atoms with Crippen molar-refractivity contribution in [1.29, 1.82) is 0 Å². The summed E-state index contributed by atoms with van der Waals surface area (Å²) < 4.78 is 49.2. The fraction of sp³-hybridized carbons (Fsp3) is 0.765. The lowest BCUT2D eigenvalue weighted by Crippen LogP contribution is -2.63. The van der Waals surface area contributed by atoms with Gasteiger partial charge in [0, 0.05) is 12.3 Å². The van der Waals surface area contributed by atoms with Gasteiger partial charge in [0.1, 0.15) is 36.6 Å². The molecule has 2 saturated heterocycles. The maximum atomic E-state index is 12.4. The van der Waals surface area contributed by atoms with E-state index in [2.05, 4.69) is 13.4 Å². The van der Waals surface area contributed by atoms with Crippen molar-refractivity contribution in [2.75, 3.05) is 27.3 Å². The van der Waals surface area contributed by atoms with Gasteiger partial charge in [-0.15, -0.1) is 0 Å². The highest BCUT2D eigenvalue weighted by molar-refractivity contribution is 7.61. The Hall–Kier alpha value is -1.38. The molecule has 19 nitrogen and oxygen atoms in total. The van der Waals surface area contributed by atoms with E-state index < -0.39 is 95.3 Å². The van der Waals surface area contributed by atoms with Crippen LogP contribution in [-0.2, 0) is 32.0 Å². The van der Waals surface area contributed by atoms with E-state index in [9.17, 15) is 54.0 Å². The van der Waals surface area contributed by atoms with E-state index in [1.165, 1.54) is 19.0 Å². The number of aliphatic hydroxyl groups is 5. The summed E-state index contributed by atoms with van der Waals surface area (Å²) in [4.78, 5) is 46.3. The molecule has 3 rings (SSSR count). The minimum absolute atomic E-state index is 0.736. The standard InChI is InChI=1S/C17H29N3O16P2/c1-19(2)10-11(23)7(5-21)34-16(13(10)25)35-38(30,31)36-37(28,29)32-6-8-12(24)14(26)15(33-8)20-4-3-9(22)18-17(20)27/h3-4,7-8,10-16,21,23-26H,5-6H2,1-2H3,(H,28,29)(H,30,31)(H,18,22,27)/t7?,8-,10+,11-,12+,13?,14?,15-,16-/m1/s1. The molecule has 0 spiro atoms. The molecule has 218 valence electrons. The molecule has 0 amide bonds. The van der Waals surface area contributed by atoms with Crippen LogP contribution < -0.4 is 11.2 Å². The van der Waals surface area contributed by atoms with E-state index in [0.29, 0.717) is 0 Å². The van der Waals surface area contributed by atoms with Gasteiger partial charge in [-0.05, 0) is 14.1 Å². The number of phosphoric ester groups is 2. The van der Waals surface area contributed by atoms with Crippen molar-refractivity contribution < 1.29 is 67.3 Å². The molecule has 3 heterocycles. The number of rotatable bonds is 10. The Kier molecular flexibility index (Phi) is 9.85. The molecule has 2 aliphatic heterocycles. The molecule has 8 N–H and O–H groups in total. The van der Waals surface area contributed by atoms with Gasteiger partial charge in [-0.25, -0.2) is 13.9 Å². The van der Waals surface area contributed by atoms with Crippen molar-refractivity contribution in [3.8, 4) is 0 Å². The molecule has 5 unspecified atom stereocenters. The highest BCUT2D eigenvalue weighted by Crippen LogP contribution is 2.61. The fourth-order valence-electron chi connectivity index (χ4n) is 3.96. The van der Waals surface area contributed by atoms with Crippen LogP contribution in [0.5, 0.6) is 0 Å². The Morgan fingerprint density at radius 1 is 1.00 bits per heavy atom. The number of hydrogen-bond donors (Lipinski definition) is 8. The zero-order valence-corrected chi connectivity index (χ0v) is 21.6. The van der Waals surface area contributed by atoms with Gasteiger partial charge in [0.25, 0.3) is 5.56 Å². The average Bonchev–Trinajstić information content (AvgIpc) is 3.07. The van der Waals surface area contributed by atoms with E-state index in [1.807, 2.05) is 4.98 Å². The number of ether oxygens (including phenoxy) is 2. The van der Waals surface area contributed by atoms with Crippen LogP contribution in [-0.4, -0.2) is 126 Å². The number of aromatic nitrogens is 2. The summed E-state index contributed by atoms with van der Waals surface area (Å²) in [7, 11) is -8.08. The van der Waals surface area contributed by atoms with Gasteiger partial charge >= 0.3 is 21.3 Å². The van der Waals surface area contributed by atoms with Crippen LogP contribution in [0.2, 0.25) is 0 Å².